The van der Waals surface area contributed by atoms with Gasteiger partial charge in [0.25, 0.3) is 5.91 Å². The molecule has 0 bridgehead atoms. The molecule has 0 spiro atoms. The number of esters is 2. The minimum Gasteiger partial charge on any atom is -0.466 e. The SMILES string of the molecule is CCOC(=O)[C@@H]1CCCN(C(=O)COC(=O)CSc2ccc3ccccc3c2Br)C1. The second-order valence-corrected chi connectivity index (χ2v) is 8.79. The third kappa shape index (κ3) is 5.76. The third-order valence-corrected chi connectivity index (χ3v) is 7.07. The first kappa shape index (κ1) is 22.6. The van der Waals surface area contributed by atoms with Crippen LogP contribution in [0.25, 0.3) is 10.8 Å². The maximum absolute atomic E-state index is 12.4. The van der Waals surface area contributed by atoms with Gasteiger partial charge in [0.15, 0.2) is 6.61 Å². The van der Waals surface area contributed by atoms with Crippen LogP contribution in [0.2, 0.25) is 0 Å². The molecule has 3 rings (SSSR count). The van der Waals surface area contributed by atoms with E-state index in [0.717, 1.165) is 26.6 Å². The fourth-order valence-electron chi connectivity index (χ4n) is 3.39. The van der Waals surface area contributed by atoms with Crippen LogP contribution in [0.15, 0.2) is 45.8 Å². The molecular formula is C22H24BrNO5S. The predicted octanol–water partition coefficient (Wildman–Crippen LogP) is 4.04. The Labute approximate surface area is 188 Å². The highest BCUT2D eigenvalue weighted by atomic mass is 79.9. The van der Waals surface area contributed by atoms with Gasteiger partial charge >= 0.3 is 11.9 Å². The number of amides is 1. The molecule has 0 aliphatic carbocycles. The fraction of sp³-hybridized carbons (Fsp3) is 0.409. The number of carbonyl (C=O) groups is 3. The zero-order valence-corrected chi connectivity index (χ0v) is 19.2. The summed E-state index contributed by atoms with van der Waals surface area (Å²) < 4.78 is 11.2. The van der Waals surface area contributed by atoms with Crippen LogP contribution >= 0.6 is 27.7 Å². The summed E-state index contributed by atoms with van der Waals surface area (Å²) in [6.07, 6.45) is 1.44. The van der Waals surface area contributed by atoms with E-state index in [1.807, 2.05) is 36.4 Å². The summed E-state index contributed by atoms with van der Waals surface area (Å²) in [4.78, 5) is 38.9. The number of fused-ring (bicyclic) bond motifs is 1. The number of rotatable bonds is 7. The van der Waals surface area contributed by atoms with Gasteiger partial charge in [0.2, 0.25) is 0 Å². The molecule has 0 saturated carbocycles. The summed E-state index contributed by atoms with van der Waals surface area (Å²) in [7, 11) is 0. The van der Waals surface area contributed by atoms with Crippen molar-refractivity contribution in [2.24, 2.45) is 5.92 Å². The monoisotopic (exact) mass is 493 g/mol. The van der Waals surface area contributed by atoms with Crippen molar-refractivity contribution in [3.05, 3.63) is 40.9 Å². The van der Waals surface area contributed by atoms with Crippen molar-refractivity contribution in [1.82, 2.24) is 4.90 Å². The van der Waals surface area contributed by atoms with E-state index in [1.54, 1.807) is 11.8 Å². The smallest absolute Gasteiger partial charge is 0.316 e. The van der Waals surface area contributed by atoms with E-state index in [9.17, 15) is 14.4 Å². The molecule has 0 radical (unpaired) electrons. The molecule has 1 amide bonds. The first-order chi connectivity index (χ1) is 14.5. The maximum atomic E-state index is 12.4. The van der Waals surface area contributed by atoms with Gasteiger partial charge in [0.1, 0.15) is 0 Å². The van der Waals surface area contributed by atoms with Crippen LogP contribution < -0.4 is 0 Å². The molecule has 2 aromatic carbocycles. The van der Waals surface area contributed by atoms with E-state index < -0.39 is 5.97 Å². The Hall–Kier alpha value is -2.06. The number of hydrogen-bond acceptors (Lipinski definition) is 6. The third-order valence-electron chi connectivity index (χ3n) is 4.92. The zero-order valence-electron chi connectivity index (χ0n) is 16.8. The van der Waals surface area contributed by atoms with Crippen molar-refractivity contribution in [2.45, 2.75) is 24.7 Å². The van der Waals surface area contributed by atoms with Crippen molar-refractivity contribution >= 4 is 56.3 Å². The fourth-order valence-corrected chi connectivity index (χ4v) is 4.99. The average Bonchev–Trinajstić information content (AvgIpc) is 2.77. The Balaban J connectivity index is 1.47. The number of halogens is 1. The van der Waals surface area contributed by atoms with Crippen LogP contribution in [-0.4, -0.2) is 54.8 Å². The molecule has 30 heavy (non-hydrogen) atoms. The van der Waals surface area contributed by atoms with Crippen LogP contribution in [0.3, 0.4) is 0 Å². The summed E-state index contributed by atoms with van der Waals surface area (Å²) in [6, 6.07) is 12.0. The normalized spacial score (nSPS) is 16.3. The summed E-state index contributed by atoms with van der Waals surface area (Å²) in [5, 5.41) is 2.19. The van der Waals surface area contributed by atoms with Gasteiger partial charge in [-0.1, -0.05) is 30.3 Å². The molecule has 1 saturated heterocycles. The Morgan fingerprint density at radius 2 is 1.97 bits per heavy atom. The lowest BCUT2D eigenvalue weighted by molar-refractivity contribution is -0.155. The minimum atomic E-state index is -0.452. The second-order valence-electron chi connectivity index (χ2n) is 6.98. The highest BCUT2D eigenvalue weighted by Gasteiger charge is 2.29. The van der Waals surface area contributed by atoms with Crippen LogP contribution in [0.1, 0.15) is 19.8 Å². The van der Waals surface area contributed by atoms with Crippen LogP contribution in [0.5, 0.6) is 0 Å². The number of nitrogens with zero attached hydrogens (tertiary/aromatic N) is 1. The molecule has 1 aliphatic heterocycles. The minimum absolute atomic E-state index is 0.107. The Kier molecular flexibility index (Phi) is 8.16. The van der Waals surface area contributed by atoms with Gasteiger partial charge in [0.05, 0.1) is 18.3 Å². The molecule has 160 valence electrons. The van der Waals surface area contributed by atoms with E-state index in [0.29, 0.717) is 26.1 Å². The quantitative estimate of drug-likeness (QED) is 0.428. The molecule has 0 unspecified atom stereocenters. The van der Waals surface area contributed by atoms with Gasteiger partial charge in [-0.25, -0.2) is 0 Å². The largest absolute Gasteiger partial charge is 0.466 e. The average molecular weight is 494 g/mol. The van der Waals surface area contributed by atoms with Crippen LogP contribution in [-0.2, 0) is 23.9 Å². The highest BCUT2D eigenvalue weighted by Crippen LogP contribution is 2.34. The van der Waals surface area contributed by atoms with Crippen molar-refractivity contribution in [3.63, 3.8) is 0 Å². The Morgan fingerprint density at radius 3 is 2.77 bits per heavy atom. The van der Waals surface area contributed by atoms with Gasteiger partial charge in [-0.05, 0) is 52.5 Å². The zero-order chi connectivity index (χ0) is 21.5. The lowest BCUT2D eigenvalue weighted by Gasteiger charge is -2.31. The summed E-state index contributed by atoms with van der Waals surface area (Å²) in [6.45, 7) is 2.65. The van der Waals surface area contributed by atoms with Crippen molar-refractivity contribution in [3.8, 4) is 0 Å². The summed E-state index contributed by atoms with van der Waals surface area (Å²) in [5.41, 5.74) is 0. The predicted molar refractivity (Wildman–Crippen MR) is 119 cm³/mol. The van der Waals surface area contributed by atoms with E-state index in [2.05, 4.69) is 15.9 Å². The van der Waals surface area contributed by atoms with Gasteiger partial charge in [0, 0.05) is 22.5 Å². The molecule has 6 nitrogen and oxygen atoms in total. The summed E-state index contributed by atoms with van der Waals surface area (Å²) in [5.74, 6) is -1.21. The van der Waals surface area contributed by atoms with Gasteiger partial charge in [-0.2, -0.15) is 0 Å². The molecule has 8 heteroatoms. The first-order valence-electron chi connectivity index (χ1n) is 9.89. The molecule has 1 atom stereocenters. The van der Waals surface area contributed by atoms with E-state index in [1.165, 1.54) is 11.8 Å². The number of ether oxygens (including phenoxy) is 2. The Bertz CT molecular complexity index is 935. The standard InChI is InChI=1S/C22H24BrNO5S/c1-2-28-22(27)16-7-5-11-24(12-16)19(25)13-29-20(26)14-30-18-10-9-15-6-3-4-8-17(15)21(18)23/h3-4,6,8-10,16H,2,5,7,11-14H2,1H3/t16-/m1/s1. The number of benzene rings is 2. The lowest BCUT2D eigenvalue weighted by atomic mass is 9.98. The molecule has 0 aromatic heterocycles. The van der Waals surface area contributed by atoms with Gasteiger partial charge < -0.3 is 14.4 Å². The molecule has 1 heterocycles. The number of carbonyl (C=O) groups excluding carboxylic acids is 3. The molecule has 1 aliphatic rings. The van der Waals surface area contributed by atoms with E-state index >= 15 is 0 Å². The number of piperidine rings is 1. The second kappa shape index (κ2) is 10.8. The Morgan fingerprint density at radius 1 is 1.17 bits per heavy atom. The van der Waals surface area contributed by atoms with E-state index in [-0.39, 0.29) is 30.2 Å². The van der Waals surface area contributed by atoms with Crippen LogP contribution in [0, 0.1) is 5.92 Å². The maximum Gasteiger partial charge on any atom is 0.316 e. The number of likely N-dealkylation sites (tertiary alicyclic amines) is 1. The van der Waals surface area contributed by atoms with Crippen molar-refractivity contribution in [1.29, 1.82) is 0 Å². The number of thioether (sulfide) groups is 1. The molecule has 0 N–H and O–H groups in total. The van der Waals surface area contributed by atoms with Gasteiger partial charge in [-0.15, -0.1) is 11.8 Å². The van der Waals surface area contributed by atoms with Gasteiger partial charge in [-0.3, -0.25) is 14.4 Å². The highest BCUT2D eigenvalue weighted by molar-refractivity contribution is 9.10. The molecule has 2 aromatic rings. The topological polar surface area (TPSA) is 72.9 Å². The van der Waals surface area contributed by atoms with Crippen molar-refractivity contribution in [2.75, 3.05) is 32.1 Å². The summed E-state index contributed by atoms with van der Waals surface area (Å²) >= 11 is 4.96. The van der Waals surface area contributed by atoms with E-state index in [4.69, 9.17) is 9.47 Å². The molecular weight excluding hydrogens is 470 g/mol. The number of hydrogen-bond donors (Lipinski definition) is 0. The lowest BCUT2D eigenvalue weighted by Crippen LogP contribution is -2.44. The van der Waals surface area contributed by atoms with Crippen molar-refractivity contribution < 1.29 is 23.9 Å². The first-order valence-corrected chi connectivity index (χ1v) is 11.7. The molecule has 1 fully saturated rings. The van der Waals surface area contributed by atoms with Crippen LogP contribution in [0.4, 0.5) is 0 Å².